The number of halogens is 1. The first-order valence-corrected chi connectivity index (χ1v) is 5.32. The number of aryl methyl sites for hydroxylation is 1. The predicted octanol–water partition coefficient (Wildman–Crippen LogP) is 2.57. The minimum Gasteiger partial charge on any atom is -0.382 e. The molecule has 4 heteroatoms. The minimum atomic E-state index is 0.524. The molecular formula is C10H10IN3. The van der Waals surface area contributed by atoms with Gasteiger partial charge in [-0.2, -0.15) is 5.10 Å². The normalized spacial score (nSPS) is 10.4. The Hall–Kier alpha value is -1.04. The van der Waals surface area contributed by atoms with Crippen molar-refractivity contribution in [2.24, 2.45) is 0 Å². The second-order valence-electron chi connectivity index (χ2n) is 3.17. The van der Waals surface area contributed by atoms with E-state index in [9.17, 15) is 0 Å². The molecular weight excluding hydrogens is 289 g/mol. The Morgan fingerprint density at radius 2 is 2.14 bits per heavy atom. The number of nitrogens with one attached hydrogen (secondary N) is 1. The largest absolute Gasteiger partial charge is 0.382 e. The molecule has 0 saturated carbocycles. The van der Waals surface area contributed by atoms with Gasteiger partial charge in [0.2, 0.25) is 0 Å². The molecule has 1 aromatic carbocycles. The number of anilines is 1. The van der Waals surface area contributed by atoms with Crippen molar-refractivity contribution in [1.82, 2.24) is 10.2 Å². The minimum absolute atomic E-state index is 0.524. The number of aromatic amines is 1. The van der Waals surface area contributed by atoms with Gasteiger partial charge in [0, 0.05) is 9.64 Å². The number of benzene rings is 1. The predicted molar refractivity (Wildman–Crippen MR) is 65.9 cm³/mol. The average molecular weight is 299 g/mol. The topological polar surface area (TPSA) is 54.7 Å². The third kappa shape index (κ3) is 1.75. The molecule has 0 atom stereocenters. The van der Waals surface area contributed by atoms with Gasteiger partial charge in [0.1, 0.15) is 5.82 Å². The number of nitrogen functional groups attached to an aromatic ring is 1. The van der Waals surface area contributed by atoms with E-state index in [1.165, 1.54) is 9.13 Å². The van der Waals surface area contributed by atoms with Gasteiger partial charge in [-0.3, -0.25) is 5.10 Å². The number of rotatable bonds is 1. The maximum absolute atomic E-state index is 5.54. The standard InChI is InChI=1S/C10H10IN3/c1-6-4-7(2-3-8(6)11)9-5-10(12)14-13-9/h2-5H,1H3,(H3,12,13,14). The lowest BCUT2D eigenvalue weighted by atomic mass is 10.1. The molecule has 3 N–H and O–H groups in total. The van der Waals surface area contributed by atoms with Crippen LogP contribution in [-0.2, 0) is 0 Å². The van der Waals surface area contributed by atoms with Crippen molar-refractivity contribution in [2.75, 3.05) is 5.73 Å². The van der Waals surface area contributed by atoms with Crippen molar-refractivity contribution < 1.29 is 0 Å². The SMILES string of the molecule is Cc1cc(-c2cc(N)n[nH]2)ccc1I. The highest BCUT2D eigenvalue weighted by Crippen LogP contribution is 2.22. The van der Waals surface area contributed by atoms with Crippen LogP contribution in [0.25, 0.3) is 11.3 Å². The van der Waals surface area contributed by atoms with Crippen LogP contribution in [0.1, 0.15) is 5.56 Å². The fourth-order valence-corrected chi connectivity index (χ4v) is 1.63. The van der Waals surface area contributed by atoms with Crippen LogP contribution in [-0.4, -0.2) is 10.2 Å². The highest BCUT2D eigenvalue weighted by atomic mass is 127. The first-order valence-electron chi connectivity index (χ1n) is 4.24. The highest BCUT2D eigenvalue weighted by Gasteiger charge is 2.02. The Morgan fingerprint density at radius 3 is 2.71 bits per heavy atom. The molecule has 14 heavy (non-hydrogen) atoms. The second kappa shape index (κ2) is 3.61. The van der Waals surface area contributed by atoms with Gasteiger partial charge in [-0.15, -0.1) is 0 Å². The lowest BCUT2D eigenvalue weighted by Crippen LogP contribution is -1.83. The fraction of sp³-hybridized carbons (Fsp3) is 0.100. The summed E-state index contributed by atoms with van der Waals surface area (Å²) in [7, 11) is 0. The van der Waals surface area contributed by atoms with Crippen LogP contribution in [0, 0.1) is 10.5 Å². The van der Waals surface area contributed by atoms with Crippen LogP contribution in [0.4, 0.5) is 5.82 Å². The van der Waals surface area contributed by atoms with Crippen molar-refractivity contribution in [3.8, 4) is 11.3 Å². The summed E-state index contributed by atoms with van der Waals surface area (Å²) in [6, 6.07) is 8.10. The lowest BCUT2D eigenvalue weighted by molar-refractivity contribution is 1.10. The van der Waals surface area contributed by atoms with Crippen molar-refractivity contribution in [1.29, 1.82) is 0 Å². The third-order valence-corrected chi connectivity index (χ3v) is 3.28. The zero-order chi connectivity index (χ0) is 10.1. The summed E-state index contributed by atoms with van der Waals surface area (Å²) in [6.45, 7) is 2.09. The van der Waals surface area contributed by atoms with Gasteiger partial charge in [0.25, 0.3) is 0 Å². The average Bonchev–Trinajstić information content (AvgIpc) is 2.57. The summed E-state index contributed by atoms with van der Waals surface area (Å²) in [5.74, 6) is 0.524. The number of hydrogen-bond acceptors (Lipinski definition) is 2. The lowest BCUT2D eigenvalue weighted by Gasteiger charge is -2.01. The highest BCUT2D eigenvalue weighted by molar-refractivity contribution is 14.1. The van der Waals surface area contributed by atoms with Gasteiger partial charge in [-0.1, -0.05) is 6.07 Å². The van der Waals surface area contributed by atoms with Crippen LogP contribution in [0.3, 0.4) is 0 Å². The number of H-pyrrole nitrogens is 1. The van der Waals surface area contributed by atoms with E-state index in [1.54, 1.807) is 0 Å². The number of hydrogen-bond donors (Lipinski definition) is 2. The zero-order valence-corrected chi connectivity index (χ0v) is 9.87. The molecule has 1 heterocycles. The van der Waals surface area contributed by atoms with Crippen LogP contribution in [0.2, 0.25) is 0 Å². The molecule has 0 unspecified atom stereocenters. The van der Waals surface area contributed by atoms with E-state index >= 15 is 0 Å². The molecule has 2 aromatic rings. The number of aromatic nitrogens is 2. The Morgan fingerprint density at radius 1 is 1.36 bits per heavy atom. The Bertz CT molecular complexity index is 462. The maximum atomic E-state index is 5.54. The Labute approximate surface area is 95.9 Å². The fourth-order valence-electron chi connectivity index (χ4n) is 1.30. The van der Waals surface area contributed by atoms with E-state index in [0.717, 1.165) is 11.3 Å². The van der Waals surface area contributed by atoms with E-state index in [4.69, 9.17) is 5.73 Å². The van der Waals surface area contributed by atoms with E-state index in [2.05, 4.69) is 57.9 Å². The van der Waals surface area contributed by atoms with Crippen molar-refractivity contribution >= 4 is 28.4 Å². The summed E-state index contributed by atoms with van der Waals surface area (Å²) >= 11 is 2.32. The van der Waals surface area contributed by atoms with E-state index in [1.807, 2.05) is 6.07 Å². The summed E-state index contributed by atoms with van der Waals surface area (Å²) in [5.41, 5.74) is 8.88. The molecule has 0 amide bonds. The maximum Gasteiger partial charge on any atom is 0.145 e. The molecule has 0 fully saturated rings. The molecule has 1 aromatic heterocycles. The van der Waals surface area contributed by atoms with E-state index in [0.29, 0.717) is 5.82 Å². The molecule has 3 nitrogen and oxygen atoms in total. The van der Waals surface area contributed by atoms with Gasteiger partial charge in [-0.25, -0.2) is 0 Å². The van der Waals surface area contributed by atoms with Crippen LogP contribution >= 0.6 is 22.6 Å². The smallest absolute Gasteiger partial charge is 0.145 e. The van der Waals surface area contributed by atoms with Crippen molar-refractivity contribution in [3.63, 3.8) is 0 Å². The van der Waals surface area contributed by atoms with Gasteiger partial charge >= 0.3 is 0 Å². The van der Waals surface area contributed by atoms with Gasteiger partial charge < -0.3 is 5.73 Å². The molecule has 2 rings (SSSR count). The molecule has 0 aliphatic carbocycles. The molecule has 0 bridgehead atoms. The number of nitrogens with zero attached hydrogens (tertiary/aromatic N) is 1. The zero-order valence-electron chi connectivity index (χ0n) is 7.71. The molecule has 0 aliphatic heterocycles. The summed E-state index contributed by atoms with van der Waals surface area (Å²) in [5, 5.41) is 6.79. The van der Waals surface area contributed by atoms with Gasteiger partial charge in [-0.05, 0) is 52.8 Å². The first-order chi connectivity index (χ1) is 6.66. The molecule has 0 saturated heterocycles. The van der Waals surface area contributed by atoms with Crippen molar-refractivity contribution in [2.45, 2.75) is 6.92 Å². The van der Waals surface area contributed by atoms with E-state index in [-0.39, 0.29) is 0 Å². The Kier molecular flexibility index (Phi) is 2.45. The first kappa shape index (κ1) is 9.51. The van der Waals surface area contributed by atoms with Crippen LogP contribution in [0.5, 0.6) is 0 Å². The summed E-state index contributed by atoms with van der Waals surface area (Å²) < 4.78 is 1.26. The molecule has 0 spiro atoms. The molecule has 0 aliphatic rings. The van der Waals surface area contributed by atoms with Crippen molar-refractivity contribution in [3.05, 3.63) is 33.4 Å². The summed E-state index contributed by atoms with van der Waals surface area (Å²) in [6.07, 6.45) is 0. The second-order valence-corrected chi connectivity index (χ2v) is 4.33. The molecule has 0 radical (unpaired) electrons. The summed E-state index contributed by atoms with van der Waals surface area (Å²) in [4.78, 5) is 0. The monoisotopic (exact) mass is 299 g/mol. The van der Waals surface area contributed by atoms with Gasteiger partial charge in [0.05, 0.1) is 5.69 Å². The molecule has 72 valence electrons. The number of nitrogens with two attached hydrogens (primary N) is 1. The quantitative estimate of drug-likeness (QED) is 0.795. The third-order valence-electron chi connectivity index (χ3n) is 2.07. The Balaban J connectivity index is 2.47. The van der Waals surface area contributed by atoms with Crippen LogP contribution < -0.4 is 5.73 Å². The van der Waals surface area contributed by atoms with E-state index < -0.39 is 0 Å². The van der Waals surface area contributed by atoms with Gasteiger partial charge in [0.15, 0.2) is 0 Å². The van der Waals surface area contributed by atoms with Crippen LogP contribution in [0.15, 0.2) is 24.3 Å².